The quantitative estimate of drug-likeness (QED) is 0.761. The van der Waals surface area contributed by atoms with E-state index in [-0.39, 0.29) is 5.91 Å². The number of anilines is 1. The van der Waals surface area contributed by atoms with Gasteiger partial charge in [-0.2, -0.15) is 0 Å². The minimum absolute atomic E-state index is 0.152. The first-order valence-electron chi connectivity index (χ1n) is 6.71. The molecule has 3 rings (SSSR count). The first-order valence-corrected chi connectivity index (χ1v) is 7.59. The van der Waals surface area contributed by atoms with Crippen LogP contribution < -0.4 is 5.32 Å². The number of rotatable bonds is 3. The molecule has 1 unspecified atom stereocenters. The molecule has 2 aromatic carbocycles. The SMILES string of the molecule is CC(O)c1ccccc1NC(=O)c1csc2ccccc12. The Balaban J connectivity index is 1.94. The van der Waals surface area contributed by atoms with Crippen LogP contribution in [0.3, 0.4) is 0 Å². The third-order valence-electron chi connectivity index (χ3n) is 3.38. The number of aliphatic hydroxyl groups is 1. The molecule has 3 aromatic rings. The van der Waals surface area contributed by atoms with Crippen LogP contribution in [0.15, 0.2) is 53.9 Å². The van der Waals surface area contributed by atoms with Gasteiger partial charge in [0.1, 0.15) is 0 Å². The highest BCUT2D eigenvalue weighted by atomic mass is 32.1. The molecular weight excluding hydrogens is 282 g/mol. The first-order chi connectivity index (χ1) is 10.2. The predicted molar refractivity (Wildman–Crippen MR) is 86.9 cm³/mol. The molecule has 0 aliphatic carbocycles. The van der Waals surface area contributed by atoms with E-state index >= 15 is 0 Å². The second-order valence-corrected chi connectivity index (χ2v) is 5.77. The lowest BCUT2D eigenvalue weighted by Crippen LogP contribution is -2.13. The summed E-state index contributed by atoms with van der Waals surface area (Å²) < 4.78 is 1.09. The van der Waals surface area contributed by atoms with Gasteiger partial charge in [0.05, 0.1) is 11.7 Å². The molecule has 4 heteroatoms. The minimum Gasteiger partial charge on any atom is -0.389 e. The number of thiophene rings is 1. The number of carbonyl (C=O) groups is 1. The van der Waals surface area contributed by atoms with Gasteiger partial charge < -0.3 is 10.4 Å². The van der Waals surface area contributed by atoms with E-state index in [0.29, 0.717) is 16.8 Å². The Hall–Kier alpha value is -2.17. The summed E-state index contributed by atoms with van der Waals surface area (Å²) in [6.07, 6.45) is -0.624. The molecule has 106 valence electrons. The number of amides is 1. The van der Waals surface area contributed by atoms with Gasteiger partial charge in [0, 0.05) is 26.7 Å². The third-order valence-corrected chi connectivity index (χ3v) is 4.35. The fraction of sp³-hybridized carbons (Fsp3) is 0.118. The number of benzene rings is 2. The Morgan fingerprint density at radius 2 is 1.86 bits per heavy atom. The van der Waals surface area contributed by atoms with Crippen LogP contribution in [0.4, 0.5) is 5.69 Å². The van der Waals surface area contributed by atoms with E-state index in [1.54, 1.807) is 24.3 Å². The van der Waals surface area contributed by atoms with Gasteiger partial charge in [0.15, 0.2) is 0 Å². The molecule has 2 N–H and O–H groups in total. The fourth-order valence-corrected chi connectivity index (χ4v) is 3.26. The fourth-order valence-electron chi connectivity index (χ4n) is 2.32. The Labute approximate surface area is 126 Å². The normalized spacial score (nSPS) is 12.3. The molecule has 1 amide bonds. The van der Waals surface area contributed by atoms with Crippen LogP contribution in [0.1, 0.15) is 28.9 Å². The molecule has 0 saturated heterocycles. The number of para-hydroxylation sites is 1. The van der Waals surface area contributed by atoms with Crippen molar-refractivity contribution in [1.29, 1.82) is 0 Å². The molecule has 0 spiro atoms. The number of carbonyl (C=O) groups excluding carboxylic acids is 1. The van der Waals surface area contributed by atoms with Gasteiger partial charge in [-0.25, -0.2) is 0 Å². The smallest absolute Gasteiger partial charge is 0.257 e. The van der Waals surface area contributed by atoms with E-state index in [2.05, 4.69) is 5.32 Å². The Morgan fingerprint density at radius 1 is 1.14 bits per heavy atom. The van der Waals surface area contributed by atoms with Crippen molar-refractivity contribution >= 4 is 33.0 Å². The molecule has 0 saturated carbocycles. The summed E-state index contributed by atoms with van der Waals surface area (Å²) in [5, 5.41) is 15.5. The van der Waals surface area contributed by atoms with Crippen LogP contribution in [0.2, 0.25) is 0 Å². The molecule has 1 aromatic heterocycles. The summed E-state index contributed by atoms with van der Waals surface area (Å²) in [5.41, 5.74) is 2.02. The van der Waals surface area contributed by atoms with Gasteiger partial charge in [-0.3, -0.25) is 4.79 Å². The van der Waals surface area contributed by atoms with E-state index in [1.165, 1.54) is 0 Å². The lowest BCUT2D eigenvalue weighted by molar-refractivity contribution is 0.102. The minimum atomic E-state index is -0.624. The van der Waals surface area contributed by atoms with Crippen molar-refractivity contribution < 1.29 is 9.90 Å². The summed E-state index contributed by atoms with van der Waals surface area (Å²) >= 11 is 1.55. The maximum absolute atomic E-state index is 12.5. The van der Waals surface area contributed by atoms with Gasteiger partial charge in [-0.05, 0) is 19.1 Å². The maximum Gasteiger partial charge on any atom is 0.257 e. The van der Waals surface area contributed by atoms with Crippen molar-refractivity contribution in [1.82, 2.24) is 0 Å². The Bertz CT molecular complexity index is 792. The van der Waals surface area contributed by atoms with Gasteiger partial charge >= 0.3 is 0 Å². The highest BCUT2D eigenvalue weighted by Gasteiger charge is 2.14. The summed E-state index contributed by atoms with van der Waals surface area (Å²) in [6, 6.07) is 15.1. The van der Waals surface area contributed by atoms with Crippen LogP contribution in [0.25, 0.3) is 10.1 Å². The molecule has 0 fully saturated rings. The molecule has 1 atom stereocenters. The number of nitrogens with one attached hydrogen (secondary N) is 1. The van der Waals surface area contributed by atoms with E-state index in [0.717, 1.165) is 10.1 Å². The number of aliphatic hydroxyl groups excluding tert-OH is 1. The third kappa shape index (κ3) is 2.68. The molecule has 0 bridgehead atoms. The van der Waals surface area contributed by atoms with Crippen molar-refractivity contribution in [2.45, 2.75) is 13.0 Å². The number of hydrogen-bond donors (Lipinski definition) is 2. The largest absolute Gasteiger partial charge is 0.389 e. The van der Waals surface area contributed by atoms with Crippen molar-refractivity contribution in [2.24, 2.45) is 0 Å². The maximum atomic E-state index is 12.5. The summed E-state index contributed by atoms with van der Waals surface area (Å²) in [6.45, 7) is 1.69. The van der Waals surface area contributed by atoms with Crippen molar-refractivity contribution in [3.05, 3.63) is 65.0 Å². The molecule has 0 aliphatic heterocycles. The van der Waals surface area contributed by atoms with E-state index in [1.807, 2.05) is 47.8 Å². The molecule has 21 heavy (non-hydrogen) atoms. The Kier molecular flexibility index (Phi) is 3.73. The first kappa shape index (κ1) is 13.8. The van der Waals surface area contributed by atoms with Gasteiger partial charge in [0.25, 0.3) is 5.91 Å². The number of hydrogen-bond acceptors (Lipinski definition) is 3. The van der Waals surface area contributed by atoms with Gasteiger partial charge in [-0.1, -0.05) is 36.4 Å². The lowest BCUT2D eigenvalue weighted by atomic mass is 10.1. The van der Waals surface area contributed by atoms with Crippen LogP contribution in [-0.4, -0.2) is 11.0 Å². The summed E-state index contributed by atoms with van der Waals surface area (Å²) in [4.78, 5) is 12.5. The zero-order chi connectivity index (χ0) is 14.8. The molecule has 0 aliphatic rings. The van der Waals surface area contributed by atoms with Gasteiger partial charge in [-0.15, -0.1) is 11.3 Å². The zero-order valence-electron chi connectivity index (χ0n) is 11.5. The number of fused-ring (bicyclic) bond motifs is 1. The van der Waals surface area contributed by atoms with E-state index in [9.17, 15) is 9.90 Å². The van der Waals surface area contributed by atoms with E-state index in [4.69, 9.17) is 0 Å². The standard InChI is InChI=1S/C17H15NO2S/c1-11(19)12-6-2-4-8-15(12)18-17(20)14-10-21-16-9-5-3-7-13(14)16/h2-11,19H,1H3,(H,18,20). The van der Waals surface area contributed by atoms with Gasteiger partial charge in [0.2, 0.25) is 0 Å². The van der Waals surface area contributed by atoms with Crippen molar-refractivity contribution in [2.75, 3.05) is 5.32 Å². The second kappa shape index (κ2) is 5.68. The molecule has 3 nitrogen and oxygen atoms in total. The average molecular weight is 297 g/mol. The van der Waals surface area contributed by atoms with Crippen LogP contribution >= 0.6 is 11.3 Å². The molecular formula is C17H15NO2S. The second-order valence-electron chi connectivity index (χ2n) is 4.86. The molecule has 1 heterocycles. The van der Waals surface area contributed by atoms with Crippen LogP contribution in [0.5, 0.6) is 0 Å². The highest BCUT2D eigenvalue weighted by Crippen LogP contribution is 2.28. The van der Waals surface area contributed by atoms with Crippen LogP contribution in [0, 0.1) is 0 Å². The van der Waals surface area contributed by atoms with E-state index < -0.39 is 6.10 Å². The zero-order valence-corrected chi connectivity index (χ0v) is 12.4. The Morgan fingerprint density at radius 3 is 2.67 bits per heavy atom. The summed E-state index contributed by atoms with van der Waals surface area (Å²) in [7, 11) is 0. The monoisotopic (exact) mass is 297 g/mol. The lowest BCUT2D eigenvalue weighted by Gasteiger charge is -2.12. The molecule has 0 radical (unpaired) electrons. The topological polar surface area (TPSA) is 49.3 Å². The average Bonchev–Trinajstić information content (AvgIpc) is 2.91. The predicted octanol–water partition coefficient (Wildman–Crippen LogP) is 4.21. The van der Waals surface area contributed by atoms with Crippen molar-refractivity contribution in [3.63, 3.8) is 0 Å². The van der Waals surface area contributed by atoms with Crippen LogP contribution in [-0.2, 0) is 0 Å². The highest BCUT2D eigenvalue weighted by molar-refractivity contribution is 7.17. The van der Waals surface area contributed by atoms with Crippen molar-refractivity contribution in [3.8, 4) is 0 Å². The summed E-state index contributed by atoms with van der Waals surface area (Å²) in [5.74, 6) is -0.152.